The van der Waals surface area contributed by atoms with Gasteiger partial charge in [0, 0.05) is 5.56 Å². The Morgan fingerprint density at radius 1 is 1.29 bits per heavy atom. The molecule has 0 bridgehead atoms. The lowest BCUT2D eigenvalue weighted by Gasteiger charge is -2.07. The average Bonchev–Trinajstić information content (AvgIpc) is 2.18. The van der Waals surface area contributed by atoms with Crippen LogP contribution in [0.15, 0.2) is 12.2 Å². The molecule has 1 aromatic rings. The maximum Gasteiger partial charge on any atom is 0.237 e. The molecule has 0 aliphatic rings. The van der Waals surface area contributed by atoms with Gasteiger partial charge in [-0.05, 0) is 26.3 Å². The zero-order chi connectivity index (χ0) is 10.6. The first-order chi connectivity index (χ1) is 6.66. The minimum atomic E-state index is 0.431. The molecule has 1 aromatic heterocycles. The third kappa shape index (κ3) is 2.45. The van der Waals surface area contributed by atoms with E-state index in [-0.39, 0.29) is 0 Å². The summed E-state index contributed by atoms with van der Waals surface area (Å²) in [6, 6.07) is 0. The second-order valence-electron chi connectivity index (χ2n) is 2.93. The molecule has 1 rings (SSSR count). The molecule has 3 nitrogen and oxygen atoms in total. The van der Waals surface area contributed by atoms with Gasteiger partial charge in [0.2, 0.25) is 5.88 Å². The highest BCUT2D eigenvalue weighted by Gasteiger charge is 2.07. The summed E-state index contributed by atoms with van der Waals surface area (Å²) in [5, 5.41) is 8.09. The molecule has 76 valence electrons. The Morgan fingerprint density at radius 3 is 2.64 bits per heavy atom. The van der Waals surface area contributed by atoms with Gasteiger partial charge in [-0.1, -0.05) is 23.8 Å². The Hall–Kier alpha value is -1.09. The number of allylic oxidation sites excluding steroid dienone is 1. The van der Waals surface area contributed by atoms with Crippen LogP contribution in [0.5, 0.6) is 5.88 Å². The first-order valence-electron chi connectivity index (χ1n) is 4.40. The first kappa shape index (κ1) is 11.0. The molecular formula is C10H13ClN2O. The number of nitrogens with zero attached hydrogens (tertiary/aromatic N) is 2. The third-order valence-corrected chi connectivity index (χ3v) is 2.33. The molecule has 0 fully saturated rings. The summed E-state index contributed by atoms with van der Waals surface area (Å²) in [6.45, 7) is 6.26. The van der Waals surface area contributed by atoms with E-state index in [1.807, 2.05) is 32.9 Å². The van der Waals surface area contributed by atoms with E-state index >= 15 is 0 Å². The highest BCUT2D eigenvalue weighted by molar-refractivity contribution is 6.30. The van der Waals surface area contributed by atoms with Crippen LogP contribution in [0.2, 0.25) is 5.15 Å². The zero-order valence-electron chi connectivity index (χ0n) is 8.54. The van der Waals surface area contributed by atoms with Crippen LogP contribution in [0.3, 0.4) is 0 Å². The molecule has 0 saturated carbocycles. The minimum absolute atomic E-state index is 0.431. The fraction of sp³-hybridized carbons (Fsp3) is 0.400. The second-order valence-corrected chi connectivity index (χ2v) is 3.28. The molecule has 0 aromatic carbocycles. The number of ether oxygens (including phenoxy) is 1. The van der Waals surface area contributed by atoms with E-state index in [0.717, 1.165) is 11.1 Å². The van der Waals surface area contributed by atoms with Gasteiger partial charge in [0.05, 0.1) is 0 Å². The maximum absolute atomic E-state index is 5.80. The number of rotatable bonds is 3. The van der Waals surface area contributed by atoms with Crippen LogP contribution < -0.4 is 4.74 Å². The van der Waals surface area contributed by atoms with Gasteiger partial charge in [-0.15, -0.1) is 10.2 Å². The van der Waals surface area contributed by atoms with Gasteiger partial charge >= 0.3 is 0 Å². The summed E-state index contributed by atoms with van der Waals surface area (Å²) in [5.74, 6) is 0.546. The molecule has 0 spiro atoms. The standard InChI is InChI=1S/C10H13ClN2O/c1-4-5-6-14-10-8(3)7(2)9(11)12-13-10/h4-5H,6H2,1-3H3. The van der Waals surface area contributed by atoms with E-state index < -0.39 is 0 Å². The van der Waals surface area contributed by atoms with E-state index in [2.05, 4.69) is 10.2 Å². The van der Waals surface area contributed by atoms with Crippen molar-refractivity contribution in [3.8, 4) is 5.88 Å². The quantitative estimate of drug-likeness (QED) is 0.723. The maximum atomic E-state index is 5.80. The summed E-state index contributed by atoms with van der Waals surface area (Å²) in [6.07, 6.45) is 3.83. The summed E-state index contributed by atoms with van der Waals surface area (Å²) in [7, 11) is 0. The lowest BCUT2D eigenvalue weighted by atomic mass is 10.2. The summed E-state index contributed by atoms with van der Waals surface area (Å²) < 4.78 is 5.39. The Bertz CT molecular complexity index is 350. The van der Waals surface area contributed by atoms with Crippen molar-refractivity contribution in [1.29, 1.82) is 0 Å². The predicted molar refractivity (Wildman–Crippen MR) is 56.8 cm³/mol. The zero-order valence-corrected chi connectivity index (χ0v) is 9.30. The van der Waals surface area contributed by atoms with Gasteiger partial charge in [-0.2, -0.15) is 0 Å². The molecule has 0 aliphatic carbocycles. The van der Waals surface area contributed by atoms with Crippen molar-refractivity contribution in [2.24, 2.45) is 0 Å². The average molecular weight is 213 g/mol. The molecule has 0 aliphatic heterocycles. The molecule has 14 heavy (non-hydrogen) atoms. The van der Waals surface area contributed by atoms with E-state index in [0.29, 0.717) is 17.6 Å². The van der Waals surface area contributed by atoms with E-state index in [4.69, 9.17) is 16.3 Å². The second kappa shape index (κ2) is 4.96. The fourth-order valence-electron chi connectivity index (χ4n) is 0.915. The van der Waals surface area contributed by atoms with Gasteiger partial charge in [-0.3, -0.25) is 0 Å². The fourth-order valence-corrected chi connectivity index (χ4v) is 1.09. The lowest BCUT2D eigenvalue weighted by Crippen LogP contribution is -2.01. The smallest absolute Gasteiger partial charge is 0.237 e. The molecule has 4 heteroatoms. The molecule has 0 amide bonds. The van der Waals surface area contributed by atoms with Crippen molar-refractivity contribution < 1.29 is 4.74 Å². The number of halogens is 1. The van der Waals surface area contributed by atoms with Crippen LogP contribution in [0, 0.1) is 13.8 Å². The van der Waals surface area contributed by atoms with Gasteiger partial charge in [0.1, 0.15) is 6.61 Å². The molecule has 0 radical (unpaired) electrons. The summed E-state index contributed by atoms with van der Waals surface area (Å²) in [5.41, 5.74) is 1.85. The molecule has 0 N–H and O–H groups in total. The molecule has 0 atom stereocenters. The predicted octanol–water partition coefficient (Wildman–Crippen LogP) is 2.70. The topological polar surface area (TPSA) is 35.0 Å². The van der Waals surface area contributed by atoms with Crippen molar-refractivity contribution in [1.82, 2.24) is 10.2 Å². The monoisotopic (exact) mass is 212 g/mol. The Morgan fingerprint density at radius 2 is 2.00 bits per heavy atom. The number of hydrogen-bond acceptors (Lipinski definition) is 3. The summed E-state index contributed by atoms with van der Waals surface area (Å²) in [4.78, 5) is 0. The molecule has 0 saturated heterocycles. The summed E-state index contributed by atoms with van der Waals surface area (Å²) >= 11 is 5.80. The van der Waals surface area contributed by atoms with Crippen LogP contribution >= 0.6 is 11.6 Å². The minimum Gasteiger partial charge on any atom is -0.472 e. The third-order valence-electron chi connectivity index (χ3n) is 1.97. The molecular weight excluding hydrogens is 200 g/mol. The van der Waals surface area contributed by atoms with Gasteiger partial charge in [0.15, 0.2) is 5.15 Å². The van der Waals surface area contributed by atoms with Crippen LogP contribution in [0.25, 0.3) is 0 Å². The molecule has 1 heterocycles. The van der Waals surface area contributed by atoms with Crippen LogP contribution in [-0.2, 0) is 0 Å². The van der Waals surface area contributed by atoms with Crippen LogP contribution in [-0.4, -0.2) is 16.8 Å². The van der Waals surface area contributed by atoms with E-state index in [1.54, 1.807) is 0 Å². The van der Waals surface area contributed by atoms with Crippen LogP contribution in [0.1, 0.15) is 18.1 Å². The Labute approximate surface area is 88.8 Å². The van der Waals surface area contributed by atoms with Crippen molar-refractivity contribution in [3.63, 3.8) is 0 Å². The normalized spacial score (nSPS) is 10.9. The lowest BCUT2D eigenvalue weighted by molar-refractivity contribution is 0.340. The van der Waals surface area contributed by atoms with E-state index in [9.17, 15) is 0 Å². The van der Waals surface area contributed by atoms with Crippen molar-refractivity contribution >= 4 is 11.6 Å². The van der Waals surface area contributed by atoms with Crippen molar-refractivity contribution in [2.45, 2.75) is 20.8 Å². The molecule has 0 unspecified atom stereocenters. The highest BCUT2D eigenvalue weighted by atomic mass is 35.5. The first-order valence-corrected chi connectivity index (χ1v) is 4.78. The number of hydrogen-bond donors (Lipinski definition) is 0. The van der Waals surface area contributed by atoms with Crippen molar-refractivity contribution in [2.75, 3.05) is 6.61 Å². The van der Waals surface area contributed by atoms with Crippen molar-refractivity contribution in [3.05, 3.63) is 28.4 Å². The van der Waals surface area contributed by atoms with E-state index in [1.165, 1.54) is 0 Å². The number of aromatic nitrogens is 2. The van der Waals surface area contributed by atoms with Crippen LogP contribution in [0.4, 0.5) is 0 Å². The van der Waals surface area contributed by atoms with Gasteiger partial charge in [0.25, 0.3) is 0 Å². The highest BCUT2D eigenvalue weighted by Crippen LogP contribution is 2.21. The Balaban J connectivity index is 2.83. The van der Waals surface area contributed by atoms with Gasteiger partial charge < -0.3 is 4.74 Å². The largest absolute Gasteiger partial charge is 0.472 e. The Kier molecular flexibility index (Phi) is 3.89. The van der Waals surface area contributed by atoms with Gasteiger partial charge in [-0.25, -0.2) is 0 Å². The SMILES string of the molecule is CC=CCOc1nnc(Cl)c(C)c1C.